The second-order valence-electron chi connectivity index (χ2n) is 8.58. The third-order valence-corrected chi connectivity index (χ3v) is 6.48. The van der Waals surface area contributed by atoms with Crippen LogP contribution < -0.4 is 9.91 Å². The van der Waals surface area contributed by atoms with Gasteiger partial charge in [0.2, 0.25) is 0 Å². The number of hydrogen-bond donors (Lipinski definition) is 0. The first-order valence-corrected chi connectivity index (χ1v) is 11.4. The molecule has 5 nitrogen and oxygen atoms in total. The maximum atomic E-state index is 14.0. The van der Waals surface area contributed by atoms with Crippen molar-refractivity contribution >= 4 is 33.9 Å². The van der Waals surface area contributed by atoms with Gasteiger partial charge in [0, 0.05) is 41.4 Å². The number of hydrazone groups is 1. The van der Waals surface area contributed by atoms with Crippen LogP contribution in [0.25, 0.3) is 10.9 Å². The zero-order valence-electron chi connectivity index (χ0n) is 19.5. The van der Waals surface area contributed by atoms with Gasteiger partial charge in [-0.25, -0.2) is 0 Å². The molecule has 166 valence electrons. The number of likely N-dealkylation sites (N-methyl/N-ethyl adjacent to an activating group) is 1. The van der Waals surface area contributed by atoms with E-state index in [-0.39, 0.29) is 5.91 Å². The molecule has 0 unspecified atom stereocenters. The first-order chi connectivity index (χ1) is 16.0. The molecule has 0 saturated carbocycles. The Hall–Kier alpha value is -3.86. The molecule has 0 aliphatic carbocycles. The molecule has 0 atom stereocenters. The van der Waals surface area contributed by atoms with E-state index < -0.39 is 0 Å². The number of aromatic nitrogens is 1. The van der Waals surface area contributed by atoms with Gasteiger partial charge >= 0.3 is 0 Å². The summed E-state index contributed by atoms with van der Waals surface area (Å²) in [7, 11) is 2.08. The monoisotopic (exact) mass is 436 g/mol. The first-order valence-electron chi connectivity index (χ1n) is 11.4. The molecule has 0 saturated heterocycles. The van der Waals surface area contributed by atoms with Crippen molar-refractivity contribution in [3.63, 3.8) is 0 Å². The van der Waals surface area contributed by atoms with Crippen LogP contribution in [0.3, 0.4) is 0 Å². The Morgan fingerprint density at radius 2 is 1.70 bits per heavy atom. The number of nitrogens with zero attached hydrogens (tertiary/aromatic N) is 4. The zero-order valence-corrected chi connectivity index (χ0v) is 19.5. The highest BCUT2D eigenvalue weighted by Crippen LogP contribution is 2.35. The van der Waals surface area contributed by atoms with Crippen molar-refractivity contribution in [2.45, 2.75) is 27.3 Å². The molecule has 1 amide bonds. The van der Waals surface area contributed by atoms with Gasteiger partial charge in [-0.3, -0.25) is 9.80 Å². The van der Waals surface area contributed by atoms with Crippen molar-refractivity contribution in [2.75, 3.05) is 16.5 Å². The quantitative estimate of drug-likeness (QED) is 0.419. The third-order valence-electron chi connectivity index (χ3n) is 6.48. The summed E-state index contributed by atoms with van der Waals surface area (Å²) in [6.07, 6.45) is 0. The largest absolute Gasteiger partial charge is 0.345 e. The van der Waals surface area contributed by atoms with Crippen LogP contribution in [0.5, 0.6) is 0 Å². The lowest BCUT2D eigenvalue weighted by Gasteiger charge is -2.29. The summed E-state index contributed by atoms with van der Waals surface area (Å²) in [6, 6.07) is 24.4. The zero-order chi connectivity index (χ0) is 23.1. The number of para-hydroxylation sites is 1. The van der Waals surface area contributed by atoms with Crippen molar-refractivity contribution in [1.82, 2.24) is 4.57 Å². The normalized spacial score (nSPS) is 13.1. The van der Waals surface area contributed by atoms with E-state index in [2.05, 4.69) is 67.9 Å². The third kappa shape index (κ3) is 3.50. The van der Waals surface area contributed by atoms with Gasteiger partial charge in [-0.1, -0.05) is 48.0 Å². The van der Waals surface area contributed by atoms with Gasteiger partial charge in [-0.15, -0.1) is 0 Å². The average Bonchev–Trinajstić information content (AvgIpc) is 3.13. The van der Waals surface area contributed by atoms with Crippen LogP contribution in [0.2, 0.25) is 0 Å². The number of amides is 1. The number of carbonyl (C=O) groups is 1. The van der Waals surface area contributed by atoms with E-state index in [9.17, 15) is 4.79 Å². The lowest BCUT2D eigenvalue weighted by molar-refractivity contribution is -0.112. The van der Waals surface area contributed by atoms with Crippen LogP contribution >= 0.6 is 0 Å². The van der Waals surface area contributed by atoms with Gasteiger partial charge < -0.3 is 9.47 Å². The molecule has 0 spiro atoms. The van der Waals surface area contributed by atoms with Crippen molar-refractivity contribution < 1.29 is 4.79 Å². The molecule has 0 bridgehead atoms. The number of aryl methyl sites for hydroxylation is 3. The summed E-state index contributed by atoms with van der Waals surface area (Å²) in [5, 5.41) is 8.02. The minimum Gasteiger partial charge on any atom is -0.345 e. The lowest BCUT2D eigenvalue weighted by Crippen LogP contribution is -2.40. The summed E-state index contributed by atoms with van der Waals surface area (Å²) < 4.78 is 2.21. The molecule has 0 radical (unpaired) electrons. The Bertz CT molecular complexity index is 1370. The van der Waals surface area contributed by atoms with Crippen molar-refractivity contribution in [3.05, 3.63) is 95.2 Å². The topological polar surface area (TPSA) is 40.8 Å². The summed E-state index contributed by atoms with van der Waals surface area (Å²) in [5.74, 6) is -0.0856. The molecule has 0 N–H and O–H groups in total. The molecule has 1 aliphatic rings. The molecule has 33 heavy (non-hydrogen) atoms. The van der Waals surface area contributed by atoms with E-state index in [1.165, 1.54) is 5.56 Å². The minimum absolute atomic E-state index is 0.0856. The number of rotatable bonds is 4. The Kier molecular flexibility index (Phi) is 5.25. The van der Waals surface area contributed by atoms with Gasteiger partial charge in [-0.05, 0) is 56.7 Å². The highest BCUT2D eigenvalue weighted by Gasteiger charge is 2.33. The van der Waals surface area contributed by atoms with E-state index in [0.717, 1.165) is 39.1 Å². The van der Waals surface area contributed by atoms with Crippen molar-refractivity contribution in [2.24, 2.45) is 12.1 Å². The van der Waals surface area contributed by atoms with Gasteiger partial charge in [-0.2, -0.15) is 5.10 Å². The van der Waals surface area contributed by atoms with Gasteiger partial charge in [0.15, 0.2) is 5.71 Å². The SMILES string of the molecule is CCN(C(=O)C1=NN(c2ccc(C)cc2)Cc2c1c1c(C)cccc1n2C)c1ccccc1. The molecule has 1 aliphatic heterocycles. The number of benzene rings is 3. The Labute approximate surface area is 194 Å². The molecular formula is C28H28N4O. The Morgan fingerprint density at radius 1 is 0.970 bits per heavy atom. The van der Waals surface area contributed by atoms with Gasteiger partial charge in [0.05, 0.1) is 12.2 Å². The van der Waals surface area contributed by atoms with Gasteiger partial charge in [0.1, 0.15) is 0 Å². The predicted molar refractivity (Wildman–Crippen MR) is 136 cm³/mol. The summed E-state index contributed by atoms with van der Waals surface area (Å²) >= 11 is 0. The maximum absolute atomic E-state index is 14.0. The standard InChI is InChI=1S/C28H28N4O/c1-5-31(21-11-7-6-8-12-21)28(33)27-26-24(30(4)23-13-9-10-20(3)25(23)26)18-32(29-27)22-16-14-19(2)15-17-22/h6-17H,5,18H2,1-4H3. The highest BCUT2D eigenvalue weighted by atomic mass is 16.2. The Morgan fingerprint density at radius 3 is 2.39 bits per heavy atom. The summed E-state index contributed by atoms with van der Waals surface area (Å²) in [5.41, 5.74) is 7.85. The smallest absolute Gasteiger partial charge is 0.279 e. The first kappa shape index (κ1) is 21.0. The number of fused-ring (bicyclic) bond motifs is 3. The fraction of sp³-hybridized carbons (Fsp3) is 0.214. The van der Waals surface area contributed by atoms with E-state index in [1.54, 1.807) is 4.90 Å². The van der Waals surface area contributed by atoms with Crippen LogP contribution in [0.4, 0.5) is 11.4 Å². The van der Waals surface area contributed by atoms with Crippen LogP contribution in [0.15, 0.2) is 77.9 Å². The van der Waals surface area contributed by atoms with Crippen LogP contribution in [-0.2, 0) is 18.4 Å². The Balaban J connectivity index is 1.72. The van der Waals surface area contributed by atoms with E-state index in [0.29, 0.717) is 18.8 Å². The molecule has 3 aromatic carbocycles. The second kappa shape index (κ2) is 8.24. The van der Waals surface area contributed by atoms with Gasteiger partial charge in [0.25, 0.3) is 5.91 Å². The number of anilines is 2. The molecular weight excluding hydrogens is 408 g/mol. The van der Waals surface area contributed by atoms with E-state index in [1.807, 2.05) is 42.3 Å². The fourth-order valence-electron chi connectivity index (χ4n) is 4.70. The van der Waals surface area contributed by atoms with Crippen LogP contribution in [0.1, 0.15) is 29.3 Å². The predicted octanol–water partition coefficient (Wildman–Crippen LogP) is 5.57. The summed E-state index contributed by atoms with van der Waals surface area (Å²) in [6.45, 7) is 7.35. The van der Waals surface area contributed by atoms with Crippen LogP contribution in [-0.4, -0.2) is 22.7 Å². The lowest BCUT2D eigenvalue weighted by atomic mass is 9.99. The highest BCUT2D eigenvalue weighted by molar-refractivity contribution is 6.52. The average molecular weight is 437 g/mol. The molecule has 4 aromatic rings. The fourth-order valence-corrected chi connectivity index (χ4v) is 4.70. The number of carbonyl (C=O) groups excluding carboxylic acids is 1. The maximum Gasteiger partial charge on any atom is 0.279 e. The molecule has 2 heterocycles. The molecule has 5 heteroatoms. The van der Waals surface area contributed by atoms with Crippen LogP contribution in [0, 0.1) is 13.8 Å². The molecule has 1 aromatic heterocycles. The number of hydrogen-bond acceptors (Lipinski definition) is 3. The van der Waals surface area contributed by atoms with E-state index in [4.69, 9.17) is 5.10 Å². The molecule has 0 fully saturated rings. The second-order valence-corrected chi connectivity index (χ2v) is 8.58. The van der Waals surface area contributed by atoms with E-state index >= 15 is 0 Å². The van der Waals surface area contributed by atoms with Crippen molar-refractivity contribution in [1.29, 1.82) is 0 Å². The summed E-state index contributed by atoms with van der Waals surface area (Å²) in [4.78, 5) is 15.9. The van der Waals surface area contributed by atoms with Crippen molar-refractivity contribution in [3.8, 4) is 0 Å². The molecule has 5 rings (SSSR count). The minimum atomic E-state index is -0.0856.